The molecule has 6 nitrogen and oxygen atoms in total. The summed E-state index contributed by atoms with van der Waals surface area (Å²) in [4.78, 5) is 25.2. The molecule has 1 unspecified atom stereocenters. The maximum absolute atomic E-state index is 12.8. The lowest BCUT2D eigenvalue weighted by molar-refractivity contribution is -0.144. The predicted molar refractivity (Wildman–Crippen MR) is 105 cm³/mol. The van der Waals surface area contributed by atoms with Crippen LogP contribution in [0.2, 0.25) is 0 Å². The second kappa shape index (κ2) is 9.28. The topological polar surface area (TPSA) is 89.5 Å². The summed E-state index contributed by atoms with van der Waals surface area (Å²) in [6.45, 7) is 6.88. The molecule has 0 saturated heterocycles. The van der Waals surface area contributed by atoms with E-state index in [9.17, 15) is 18.0 Å². The summed E-state index contributed by atoms with van der Waals surface area (Å²) in [5.41, 5.74) is 3.33. The van der Waals surface area contributed by atoms with E-state index in [0.717, 1.165) is 5.56 Å². The highest BCUT2D eigenvalue weighted by molar-refractivity contribution is 7.89. The van der Waals surface area contributed by atoms with Crippen molar-refractivity contribution >= 4 is 21.8 Å². The van der Waals surface area contributed by atoms with Gasteiger partial charge in [-0.2, -0.15) is 4.72 Å². The molecule has 146 valence electrons. The van der Waals surface area contributed by atoms with E-state index < -0.39 is 27.8 Å². The van der Waals surface area contributed by atoms with Gasteiger partial charge in [0.15, 0.2) is 11.8 Å². The molecule has 1 N–H and O–H groups in total. The zero-order chi connectivity index (χ0) is 20.7. The lowest BCUT2D eigenvalue weighted by Crippen LogP contribution is -2.44. The Kier molecular flexibility index (Phi) is 7.06. The molecule has 2 aromatic carbocycles. The molecule has 28 heavy (non-hydrogen) atoms. The molecule has 0 saturated carbocycles. The minimum atomic E-state index is -4.10. The zero-order valence-electron chi connectivity index (χ0n) is 15.6. The van der Waals surface area contributed by atoms with Crippen molar-refractivity contribution in [1.82, 2.24) is 4.72 Å². The Morgan fingerprint density at radius 3 is 2.25 bits per heavy atom. The Bertz CT molecular complexity index is 1000. The van der Waals surface area contributed by atoms with Crippen LogP contribution in [0.4, 0.5) is 0 Å². The minimum absolute atomic E-state index is 0.0194. The van der Waals surface area contributed by atoms with E-state index in [4.69, 9.17) is 4.74 Å². The molecule has 0 aliphatic carbocycles. The zero-order valence-corrected chi connectivity index (χ0v) is 16.5. The minimum Gasteiger partial charge on any atom is -0.465 e. The van der Waals surface area contributed by atoms with Crippen LogP contribution in [-0.2, 0) is 19.6 Å². The number of aryl methyl sites for hydroxylation is 1. The lowest BCUT2D eigenvalue weighted by atomic mass is 9.98. The quantitative estimate of drug-likeness (QED) is 0.319. The first-order chi connectivity index (χ1) is 13.3. The molecule has 2 rings (SSSR count). The summed E-state index contributed by atoms with van der Waals surface area (Å²) in [6, 6.07) is 12.7. The van der Waals surface area contributed by atoms with Crippen LogP contribution >= 0.6 is 0 Å². The van der Waals surface area contributed by atoms with Gasteiger partial charge < -0.3 is 4.74 Å². The van der Waals surface area contributed by atoms with Gasteiger partial charge >= 0.3 is 5.97 Å². The Hall–Kier alpha value is -2.99. The summed E-state index contributed by atoms with van der Waals surface area (Å²) in [7, 11) is -4.10. The monoisotopic (exact) mass is 399 g/mol. The molecular formula is C21H21NO5S. The first-order valence-electron chi connectivity index (χ1n) is 8.55. The molecule has 0 aromatic heterocycles. The van der Waals surface area contributed by atoms with Gasteiger partial charge in [0.2, 0.25) is 10.0 Å². The fourth-order valence-corrected chi connectivity index (χ4v) is 3.60. The maximum atomic E-state index is 12.8. The number of esters is 1. The Balaban J connectivity index is 2.43. The highest BCUT2D eigenvalue weighted by Crippen LogP contribution is 2.17. The molecule has 2 aromatic rings. The van der Waals surface area contributed by atoms with E-state index in [0.29, 0.717) is 0 Å². The number of carbonyl (C=O) groups is 2. The first-order valence-corrected chi connectivity index (χ1v) is 10.0. The summed E-state index contributed by atoms with van der Waals surface area (Å²) in [5.74, 6) is -1.48. The number of sulfonamides is 1. The van der Waals surface area contributed by atoms with Crippen LogP contribution in [0.15, 0.2) is 77.4 Å². The summed E-state index contributed by atoms with van der Waals surface area (Å²) >= 11 is 0. The van der Waals surface area contributed by atoms with E-state index >= 15 is 0 Å². The normalized spacial score (nSPS) is 11.9. The average Bonchev–Trinajstić information content (AvgIpc) is 2.68. The van der Waals surface area contributed by atoms with Gasteiger partial charge in [0.25, 0.3) is 0 Å². The van der Waals surface area contributed by atoms with Crippen molar-refractivity contribution in [1.29, 1.82) is 0 Å². The van der Waals surface area contributed by atoms with Gasteiger partial charge in [0, 0.05) is 5.56 Å². The van der Waals surface area contributed by atoms with E-state index in [-0.39, 0.29) is 22.6 Å². The Labute approximate surface area is 164 Å². The SMILES string of the molecule is C=C=C(C(=O)c1ccccc1)C(NS(=O)(=O)c1ccc(C)cc1)C(=O)OCC. The molecule has 0 aliphatic heterocycles. The van der Waals surface area contributed by atoms with E-state index in [2.05, 4.69) is 17.0 Å². The molecule has 0 spiro atoms. The fourth-order valence-electron chi connectivity index (χ4n) is 2.45. The van der Waals surface area contributed by atoms with E-state index in [1.807, 2.05) is 6.92 Å². The van der Waals surface area contributed by atoms with Gasteiger partial charge in [-0.3, -0.25) is 4.79 Å². The van der Waals surface area contributed by atoms with Crippen molar-refractivity contribution in [3.63, 3.8) is 0 Å². The largest absolute Gasteiger partial charge is 0.465 e. The summed E-state index contributed by atoms with van der Waals surface area (Å²) in [5, 5.41) is 0. The number of Topliss-reactive ketones (excluding diaryl/α,β-unsaturated/α-hetero) is 1. The van der Waals surface area contributed by atoms with Crippen molar-refractivity contribution < 1.29 is 22.7 Å². The number of ketones is 1. The number of benzene rings is 2. The van der Waals surface area contributed by atoms with Crippen molar-refractivity contribution in [2.75, 3.05) is 6.61 Å². The maximum Gasteiger partial charge on any atom is 0.329 e. The molecule has 0 aliphatic rings. The fraction of sp³-hybridized carbons (Fsp3) is 0.190. The summed E-state index contributed by atoms with van der Waals surface area (Å²) < 4.78 is 32.7. The highest BCUT2D eigenvalue weighted by atomic mass is 32.2. The third-order valence-corrected chi connectivity index (χ3v) is 5.33. The van der Waals surface area contributed by atoms with Gasteiger partial charge in [-0.25, -0.2) is 13.2 Å². The average molecular weight is 399 g/mol. The smallest absolute Gasteiger partial charge is 0.329 e. The molecule has 0 heterocycles. The van der Waals surface area contributed by atoms with Gasteiger partial charge in [0.05, 0.1) is 17.1 Å². The number of nitrogens with one attached hydrogen (secondary N) is 1. The van der Waals surface area contributed by atoms with Gasteiger partial charge in [-0.05, 0) is 26.0 Å². The number of carbonyl (C=O) groups excluding carboxylic acids is 2. The third-order valence-electron chi connectivity index (χ3n) is 3.89. The first kappa shape index (κ1) is 21.3. The van der Waals surface area contributed by atoms with Crippen molar-refractivity contribution in [2.24, 2.45) is 0 Å². The molecule has 0 bridgehead atoms. The predicted octanol–water partition coefficient (Wildman–Crippen LogP) is 2.80. The van der Waals surface area contributed by atoms with E-state index in [1.165, 1.54) is 12.1 Å². The van der Waals surface area contributed by atoms with Crippen LogP contribution in [0, 0.1) is 6.92 Å². The third kappa shape index (κ3) is 5.04. The van der Waals surface area contributed by atoms with Crippen LogP contribution < -0.4 is 4.72 Å². The Morgan fingerprint density at radius 2 is 1.71 bits per heavy atom. The number of ether oxygens (including phenoxy) is 1. The van der Waals surface area contributed by atoms with Crippen LogP contribution in [0.1, 0.15) is 22.8 Å². The summed E-state index contributed by atoms with van der Waals surface area (Å²) in [6.07, 6.45) is 0. The number of hydrogen-bond acceptors (Lipinski definition) is 5. The van der Waals surface area contributed by atoms with Crippen molar-refractivity contribution in [3.05, 3.63) is 83.6 Å². The Morgan fingerprint density at radius 1 is 1.11 bits per heavy atom. The van der Waals surface area contributed by atoms with Gasteiger partial charge in [-0.15, -0.1) is 5.73 Å². The second-order valence-corrected chi connectivity index (χ2v) is 7.62. The van der Waals surface area contributed by atoms with Gasteiger partial charge in [0.1, 0.15) is 0 Å². The number of hydrogen-bond donors (Lipinski definition) is 1. The van der Waals surface area contributed by atoms with Crippen molar-refractivity contribution in [3.8, 4) is 0 Å². The van der Waals surface area contributed by atoms with Crippen LogP contribution in [0.3, 0.4) is 0 Å². The molecule has 7 heteroatoms. The van der Waals surface area contributed by atoms with Crippen molar-refractivity contribution in [2.45, 2.75) is 24.8 Å². The van der Waals surface area contributed by atoms with Crippen LogP contribution in [-0.4, -0.2) is 32.8 Å². The molecular weight excluding hydrogens is 378 g/mol. The number of rotatable bonds is 8. The van der Waals surface area contributed by atoms with Crippen LogP contribution in [0.5, 0.6) is 0 Å². The molecule has 0 fully saturated rings. The standard InChI is InChI=1S/C21H21NO5S/c1-4-18(20(23)16-9-7-6-8-10-16)19(21(24)27-5-2)22-28(25,26)17-13-11-15(3)12-14-17/h6-14,19,22H,1,5H2,2-3H3. The van der Waals surface area contributed by atoms with Gasteiger partial charge in [-0.1, -0.05) is 54.6 Å². The lowest BCUT2D eigenvalue weighted by Gasteiger charge is -2.18. The molecule has 0 amide bonds. The van der Waals surface area contributed by atoms with E-state index in [1.54, 1.807) is 49.4 Å². The molecule has 0 radical (unpaired) electrons. The highest BCUT2D eigenvalue weighted by Gasteiger charge is 2.33. The molecule has 1 atom stereocenters. The van der Waals surface area contributed by atoms with Crippen LogP contribution in [0.25, 0.3) is 0 Å². The second-order valence-electron chi connectivity index (χ2n) is 5.91.